The molecule has 0 heterocycles. The van der Waals surface area contributed by atoms with Crippen LogP contribution in [0.3, 0.4) is 0 Å². The van der Waals surface area contributed by atoms with Crippen molar-refractivity contribution in [1.82, 2.24) is 0 Å². The predicted octanol–water partition coefficient (Wildman–Crippen LogP) is 7.24. The van der Waals surface area contributed by atoms with E-state index >= 15 is 0 Å². The van der Waals surface area contributed by atoms with Crippen LogP contribution in [0, 0.1) is 0 Å². The second-order valence-corrected chi connectivity index (χ2v) is 41.5. The maximum atomic E-state index is 2.64. The van der Waals surface area contributed by atoms with Gasteiger partial charge in [0.15, 0.2) is 0 Å². The van der Waals surface area contributed by atoms with Crippen LogP contribution in [0.15, 0.2) is 0 Å². The van der Waals surface area contributed by atoms with Crippen LogP contribution in [0.2, 0.25) is 54.4 Å². The van der Waals surface area contributed by atoms with Crippen LogP contribution >= 0.6 is 0 Å². The van der Waals surface area contributed by atoms with Crippen molar-refractivity contribution in [3.8, 4) is 0 Å². The number of hydrogen-bond donors (Lipinski definition) is 0. The molecule has 0 rings (SSSR count). The lowest BCUT2D eigenvalue weighted by Gasteiger charge is -2.60. The van der Waals surface area contributed by atoms with Crippen molar-refractivity contribution in [3.63, 3.8) is 0 Å². The Labute approximate surface area is 146 Å². The van der Waals surface area contributed by atoms with Crippen molar-refractivity contribution in [1.29, 1.82) is 0 Å². The van der Waals surface area contributed by atoms with E-state index in [9.17, 15) is 0 Å². The third kappa shape index (κ3) is 3.31. The van der Waals surface area contributed by atoms with E-state index in [1.807, 2.05) is 0 Å². The molecule has 0 amide bonds. The molecule has 0 aromatic heterocycles. The monoisotopic (exact) mass is 373 g/mol. The second kappa shape index (κ2) is 9.99. The third-order valence-corrected chi connectivity index (χ3v) is 72.0. The molecule has 0 unspecified atom stereocenters. The zero-order chi connectivity index (χ0) is 17.4. The molecule has 0 aromatic carbocycles. The SMILES string of the molecule is CC[Si](CC)[Si](CC)(CC)[Si](CC)(CC)[Si](CC)(CC)CC. The Hall–Kier alpha value is 0.868. The Morgan fingerprint density at radius 1 is 0.500 bits per heavy atom. The minimum absolute atomic E-state index is 0.0796. The maximum Gasteiger partial charge on any atom is 0.0442 e. The Morgan fingerprint density at radius 2 is 0.864 bits per heavy atom. The van der Waals surface area contributed by atoms with Crippen LogP contribution < -0.4 is 0 Å². The van der Waals surface area contributed by atoms with E-state index in [1.165, 1.54) is 0 Å². The van der Waals surface area contributed by atoms with Gasteiger partial charge in [-0.25, -0.2) is 0 Å². The van der Waals surface area contributed by atoms with E-state index in [0.717, 1.165) is 0 Å². The van der Waals surface area contributed by atoms with Gasteiger partial charge >= 0.3 is 0 Å². The fraction of sp³-hybridized carbons (Fsp3) is 1.00. The van der Waals surface area contributed by atoms with Crippen LogP contribution in [-0.4, -0.2) is 30.1 Å². The molecule has 0 nitrogen and oxygen atoms in total. The largest absolute Gasteiger partial charge is 0.0682 e. The molecule has 0 aliphatic carbocycles. The van der Waals surface area contributed by atoms with Crippen LogP contribution in [-0.2, 0) is 0 Å². The summed E-state index contributed by atoms with van der Waals surface area (Å²) in [5, 5.41) is 0. The van der Waals surface area contributed by atoms with Gasteiger partial charge in [0, 0.05) is 30.1 Å². The van der Waals surface area contributed by atoms with Crippen LogP contribution in [0.1, 0.15) is 62.3 Å². The zero-order valence-electron chi connectivity index (χ0n) is 17.4. The summed E-state index contributed by atoms with van der Waals surface area (Å²) in [5.74, 6) is 0. The fourth-order valence-electron chi connectivity index (χ4n) is 6.64. The Morgan fingerprint density at radius 3 is 1.05 bits per heavy atom. The first-order valence-corrected chi connectivity index (χ1v) is 22.7. The van der Waals surface area contributed by atoms with E-state index in [4.69, 9.17) is 0 Å². The van der Waals surface area contributed by atoms with Crippen molar-refractivity contribution in [2.75, 3.05) is 0 Å². The highest BCUT2D eigenvalue weighted by atomic mass is 29.8. The molecule has 1 radical (unpaired) electrons. The van der Waals surface area contributed by atoms with Crippen LogP contribution in [0.5, 0.6) is 0 Å². The van der Waals surface area contributed by atoms with Crippen molar-refractivity contribution in [2.45, 2.75) is 117 Å². The van der Waals surface area contributed by atoms with Crippen molar-refractivity contribution >= 4 is 30.1 Å². The highest BCUT2D eigenvalue weighted by Gasteiger charge is 2.62. The van der Waals surface area contributed by atoms with Gasteiger partial charge in [0.05, 0.1) is 0 Å². The third-order valence-electron chi connectivity index (χ3n) is 7.91. The molecule has 22 heavy (non-hydrogen) atoms. The molecular formula is C18H45Si4. The van der Waals surface area contributed by atoms with E-state index < -0.39 is 21.8 Å². The summed E-state index contributed by atoms with van der Waals surface area (Å²) < 4.78 is 0. The quantitative estimate of drug-likeness (QED) is 0.316. The Balaban J connectivity index is 6.48. The molecule has 0 aliphatic heterocycles. The summed E-state index contributed by atoms with van der Waals surface area (Å²) in [6.07, 6.45) is 0. The van der Waals surface area contributed by atoms with E-state index in [-0.39, 0.29) is 8.31 Å². The van der Waals surface area contributed by atoms with E-state index in [2.05, 4.69) is 62.3 Å². The first-order valence-electron chi connectivity index (χ1n) is 10.3. The molecule has 0 aliphatic rings. The fourth-order valence-corrected chi connectivity index (χ4v) is 92.3. The maximum absolute atomic E-state index is 2.64. The molecule has 0 N–H and O–H groups in total. The van der Waals surface area contributed by atoms with Crippen LogP contribution in [0.4, 0.5) is 0 Å². The lowest BCUT2D eigenvalue weighted by atomic mass is 10.9. The summed E-state index contributed by atoms with van der Waals surface area (Å²) in [6, 6.07) is 14.4. The molecule has 4 heteroatoms. The highest BCUT2D eigenvalue weighted by molar-refractivity contribution is 7.81. The number of hydrogen-bond acceptors (Lipinski definition) is 0. The summed E-state index contributed by atoms with van der Waals surface area (Å²) in [7, 11) is -3.26. The molecule has 0 spiro atoms. The summed E-state index contributed by atoms with van der Waals surface area (Å²) >= 11 is 0. The second-order valence-electron chi connectivity index (χ2n) is 7.23. The normalized spacial score (nSPS) is 13.9. The average Bonchev–Trinajstić information content (AvgIpc) is 2.58. The smallest absolute Gasteiger partial charge is 0.0442 e. The van der Waals surface area contributed by atoms with Crippen molar-refractivity contribution in [2.24, 2.45) is 0 Å². The zero-order valence-corrected chi connectivity index (χ0v) is 21.4. The summed E-state index contributed by atoms with van der Waals surface area (Å²) in [6.45, 7) is 23.4. The minimum Gasteiger partial charge on any atom is -0.0682 e. The van der Waals surface area contributed by atoms with Gasteiger partial charge in [-0.3, -0.25) is 0 Å². The minimum atomic E-state index is -1.08. The molecule has 0 fully saturated rings. The van der Waals surface area contributed by atoms with Gasteiger partial charge in [0.1, 0.15) is 0 Å². The highest BCUT2D eigenvalue weighted by Crippen LogP contribution is 2.47. The first-order chi connectivity index (χ1) is 10.4. The van der Waals surface area contributed by atoms with Gasteiger partial charge < -0.3 is 0 Å². The average molecular weight is 374 g/mol. The van der Waals surface area contributed by atoms with Gasteiger partial charge in [-0.15, -0.1) is 0 Å². The van der Waals surface area contributed by atoms with Gasteiger partial charge in [0.25, 0.3) is 0 Å². The van der Waals surface area contributed by atoms with Crippen molar-refractivity contribution < 1.29 is 0 Å². The summed E-state index contributed by atoms with van der Waals surface area (Å²) in [4.78, 5) is 0. The standard InChI is InChI=1S/C18H45Si4/c1-10-19(11-2)21(15-6,16-7)22(17-8,18-9)20(12-3,13-4)14-5/h10-18H2,1-9H3. The lowest BCUT2D eigenvalue weighted by molar-refractivity contribution is 1.17. The van der Waals surface area contributed by atoms with E-state index in [0.29, 0.717) is 0 Å². The van der Waals surface area contributed by atoms with Crippen LogP contribution in [0.25, 0.3) is 0 Å². The Kier molecular flexibility index (Phi) is 10.4. The molecule has 0 bridgehead atoms. The molecular weight excluding hydrogens is 329 g/mol. The molecule has 133 valence electrons. The lowest BCUT2D eigenvalue weighted by Crippen LogP contribution is -2.81. The van der Waals surface area contributed by atoms with Crippen molar-refractivity contribution in [3.05, 3.63) is 0 Å². The van der Waals surface area contributed by atoms with Gasteiger partial charge in [0.2, 0.25) is 0 Å². The molecule has 0 saturated carbocycles. The molecule has 0 saturated heterocycles. The summed E-state index contributed by atoms with van der Waals surface area (Å²) in [5.41, 5.74) is 0. The Bertz CT molecular complexity index is 279. The molecule has 0 atom stereocenters. The molecule has 0 aromatic rings. The van der Waals surface area contributed by atoms with Gasteiger partial charge in [-0.2, -0.15) is 0 Å². The predicted molar refractivity (Wildman–Crippen MR) is 117 cm³/mol. The topological polar surface area (TPSA) is 0 Å². The number of rotatable bonds is 12. The van der Waals surface area contributed by atoms with Gasteiger partial charge in [-0.1, -0.05) is 117 Å². The first kappa shape index (κ1) is 22.9. The van der Waals surface area contributed by atoms with E-state index in [1.54, 1.807) is 54.4 Å². The van der Waals surface area contributed by atoms with Gasteiger partial charge in [-0.05, 0) is 0 Å².